The molecule has 4 aromatic rings. The quantitative estimate of drug-likeness (QED) is 0.272. The Hall–Kier alpha value is -4.39. The summed E-state index contributed by atoms with van der Waals surface area (Å²) < 4.78 is 25.6. The highest BCUT2D eigenvalue weighted by atomic mass is 19.1. The van der Waals surface area contributed by atoms with Crippen molar-refractivity contribution in [3.8, 4) is 11.3 Å². The molecule has 1 amide bonds. The molecular formula is C30H32FN7O4. The third kappa shape index (κ3) is 5.56. The standard InChI is InChI=1S/C30H32FN7O4/c1-37-9-11-38(12-10-37)25(17-41-2)28(39)35-24-5-3-4-21-22(15-32-27(21)24)26-23(31)16-33-30(36-26)34-19-6-7-20-18(14-19)8-13-42-29(20)40/h3-7,14-16,25,32H,8-13,17H2,1-2H3,(H,35,39)(H,33,34,36). The zero-order valence-corrected chi connectivity index (χ0v) is 23.4. The maximum absolute atomic E-state index is 15.1. The number of halogens is 1. The summed E-state index contributed by atoms with van der Waals surface area (Å²) in [6.45, 7) is 3.92. The Labute approximate surface area is 242 Å². The van der Waals surface area contributed by atoms with Crippen LogP contribution in [-0.2, 0) is 20.7 Å². The maximum atomic E-state index is 15.1. The molecule has 0 bridgehead atoms. The summed E-state index contributed by atoms with van der Waals surface area (Å²) in [7, 11) is 3.66. The normalized spacial score (nSPS) is 16.6. The van der Waals surface area contributed by atoms with Gasteiger partial charge in [0, 0.05) is 62.5 Å². The predicted octanol–water partition coefficient (Wildman–Crippen LogP) is 3.42. The average Bonchev–Trinajstić information content (AvgIpc) is 3.42. The number of cyclic esters (lactones) is 1. The molecule has 2 aliphatic rings. The molecule has 6 rings (SSSR count). The number of nitrogens with one attached hydrogen (secondary N) is 3. The first kappa shape index (κ1) is 27.8. The van der Waals surface area contributed by atoms with Crippen molar-refractivity contribution in [1.82, 2.24) is 24.8 Å². The van der Waals surface area contributed by atoms with Gasteiger partial charge < -0.3 is 30.0 Å². The van der Waals surface area contributed by atoms with Gasteiger partial charge in [-0.1, -0.05) is 12.1 Å². The van der Waals surface area contributed by atoms with Crippen LogP contribution >= 0.6 is 0 Å². The van der Waals surface area contributed by atoms with Gasteiger partial charge in [-0.05, 0) is 36.9 Å². The maximum Gasteiger partial charge on any atom is 0.338 e. The molecule has 0 radical (unpaired) electrons. The number of piperazine rings is 1. The second-order valence-electron chi connectivity index (χ2n) is 10.5. The van der Waals surface area contributed by atoms with E-state index >= 15 is 4.39 Å². The fourth-order valence-corrected chi connectivity index (χ4v) is 5.46. The minimum absolute atomic E-state index is 0.110. The molecular weight excluding hydrogens is 541 g/mol. The van der Waals surface area contributed by atoms with Crippen molar-refractivity contribution < 1.29 is 23.5 Å². The number of aromatic nitrogens is 3. The molecule has 2 aromatic carbocycles. The van der Waals surface area contributed by atoms with E-state index in [-0.39, 0.29) is 30.1 Å². The Kier molecular flexibility index (Phi) is 7.83. The number of esters is 1. The number of likely N-dealkylation sites (N-methyl/N-ethyl adjacent to an activating group) is 1. The van der Waals surface area contributed by atoms with Gasteiger partial charge in [-0.3, -0.25) is 9.69 Å². The van der Waals surface area contributed by atoms with Gasteiger partial charge in [0.2, 0.25) is 11.9 Å². The lowest BCUT2D eigenvalue weighted by Crippen LogP contribution is -2.54. The summed E-state index contributed by atoms with van der Waals surface area (Å²) in [6.07, 6.45) is 3.41. The number of methoxy groups -OCH3 is 1. The van der Waals surface area contributed by atoms with E-state index in [0.29, 0.717) is 46.4 Å². The highest BCUT2D eigenvalue weighted by Gasteiger charge is 2.29. The van der Waals surface area contributed by atoms with Gasteiger partial charge >= 0.3 is 5.97 Å². The average molecular weight is 574 g/mol. The molecule has 1 saturated heterocycles. The highest BCUT2D eigenvalue weighted by Crippen LogP contribution is 2.33. The summed E-state index contributed by atoms with van der Waals surface area (Å²) in [6, 6.07) is 10.3. The van der Waals surface area contributed by atoms with Gasteiger partial charge in [0.25, 0.3) is 0 Å². The van der Waals surface area contributed by atoms with E-state index in [9.17, 15) is 9.59 Å². The smallest absolute Gasteiger partial charge is 0.338 e. The molecule has 218 valence electrons. The third-order valence-electron chi connectivity index (χ3n) is 7.76. The molecule has 0 saturated carbocycles. The number of hydrogen-bond acceptors (Lipinski definition) is 9. The van der Waals surface area contributed by atoms with Crippen molar-refractivity contribution in [3.63, 3.8) is 0 Å². The van der Waals surface area contributed by atoms with Crippen molar-refractivity contribution >= 4 is 40.1 Å². The van der Waals surface area contributed by atoms with Crippen molar-refractivity contribution in [2.45, 2.75) is 12.5 Å². The fraction of sp³-hybridized carbons (Fsp3) is 0.333. The van der Waals surface area contributed by atoms with Crippen LogP contribution in [0.2, 0.25) is 0 Å². The van der Waals surface area contributed by atoms with E-state index in [4.69, 9.17) is 9.47 Å². The number of benzene rings is 2. The molecule has 4 heterocycles. The minimum atomic E-state index is -0.584. The topological polar surface area (TPSA) is 125 Å². The summed E-state index contributed by atoms with van der Waals surface area (Å²) in [5.74, 6) is -0.882. The number of hydrogen-bond donors (Lipinski definition) is 3. The first-order valence-corrected chi connectivity index (χ1v) is 13.8. The number of carbonyl (C=O) groups excluding carboxylic acids is 2. The van der Waals surface area contributed by atoms with E-state index in [1.54, 1.807) is 25.4 Å². The van der Waals surface area contributed by atoms with Crippen LogP contribution in [0.25, 0.3) is 22.2 Å². The number of anilines is 3. The zero-order valence-electron chi connectivity index (χ0n) is 23.4. The number of amides is 1. The Bertz CT molecular complexity index is 1630. The third-order valence-corrected chi connectivity index (χ3v) is 7.76. The lowest BCUT2D eigenvalue weighted by Gasteiger charge is -2.36. The largest absolute Gasteiger partial charge is 0.462 e. The second kappa shape index (κ2) is 11.8. The number of para-hydroxylation sites is 1. The Morgan fingerprint density at radius 1 is 1.19 bits per heavy atom. The van der Waals surface area contributed by atoms with Crippen molar-refractivity contribution in [2.75, 3.05) is 64.2 Å². The summed E-state index contributed by atoms with van der Waals surface area (Å²) in [5.41, 5.74) is 3.96. The van der Waals surface area contributed by atoms with Crippen LogP contribution in [0.3, 0.4) is 0 Å². The molecule has 0 spiro atoms. The molecule has 3 N–H and O–H groups in total. The number of nitrogens with zero attached hydrogens (tertiary/aromatic N) is 4. The van der Waals surface area contributed by atoms with Crippen LogP contribution in [0.1, 0.15) is 15.9 Å². The van der Waals surface area contributed by atoms with Crippen LogP contribution in [-0.4, -0.2) is 96.2 Å². The number of rotatable bonds is 8. The molecule has 11 nitrogen and oxygen atoms in total. The molecule has 1 atom stereocenters. The lowest BCUT2D eigenvalue weighted by molar-refractivity contribution is -0.124. The Balaban J connectivity index is 1.25. The Morgan fingerprint density at radius 2 is 2.02 bits per heavy atom. The van der Waals surface area contributed by atoms with E-state index in [2.05, 4.69) is 42.4 Å². The van der Waals surface area contributed by atoms with Crippen LogP contribution < -0.4 is 10.6 Å². The van der Waals surface area contributed by atoms with Crippen molar-refractivity contribution in [3.05, 3.63) is 65.7 Å². The number of H-pyrrole nitrogens is 1. The number of aromatic amines is 1. The fourth-order valence-electron chi connectivity index (χ4n) is 5.46. The summed E-state index contributed by atoms with van der Waals surface area (Å²) in [5, 5.41) is 6.87. The molecule has 42 heavy (non-hydrogen) atoms. The van der Waals surface area contributed by atoms with Gasteiger partial charge in [-0.2, -0.15) is 0 Å². The molecule has 2 aliphatic heterocycles. The van der Waals surface area contributed by atoms with Crippen molar-refractivity contribution in [1.29, 1.82) is 0 Å². The number of carbonyl (C=O) groups is 2. The lowest BCUT2D eigenvalue weighted by atomic mass is 10.0. The van der Waals surface area contributed by atoms with E-state index in [1.165, 1.54) is 0 Å². The molecule has 0 aliphatic carbocycles. The first-order chi connectivity index (χ1) is 20.4. The summed E-state index contributed by atoms with van der Waals surface area (Å²) in [4.78, 5) is 41.5. The molecule has 1 unspecified atom stereocenters. The van der Waals surface area contributed by atoms with E-state index in [0.717, 1.165) is 37.9 Å². The van der Waals surface area contributed by atoms with Crippen LogP contribution in [0.5, 0.6) is 0 Å². The highest BCUT2D eigenvalue weighted by molar-refractivity contribution is 6.06. The summed E-state index contributed by atoms with van der Waals surface area (Å²) >= 11 is 0. The number of ether oxygens (including phenoxy) is 2. The van der Waals surface area contributed by atoms with Gasteiger partial charge in [-0.25, -0.2) is 19.2 Å². The Morgan fingerprint density at radius 3 is 2.83 bits per heavy atom. The van der Waals surface area contributed by atoms with Crippen LogP contribution in [0, 0.1) is 5.82 Å². The predicted molar refractivity (Wildman–Crippen MR) is 156 cm³/mol. The second-order valence-corrected chi connectivity index (χ2v) is 10.5. The van der Waals surface area contributed by atoms with Gasteiger partial charge in [-0.15, -0.1) is 0 Å². The van der Waals surface area contributed by atoms with Crippen LogP contribution in [0.15, 0.2) is 48.8 Å². The molecule has 2 aromatic heterocycles. The van der Waals surface area contributed by atoms with E-state index in [1.807, 2.05) is 24.3 Å². The minimum Gasteiger partial charge on any atom is -0.462 e. The SMILES string of the molecule is COCC(C(=O)Nc1cccc2c(-c3nc(Nc4ccc5c(c4)CCOC5=O)ncc3F)c[nH]c12)N1CCN(C)CC1. The zero-order chi connectivity index (χ0) is 29.2. The van der Waals surface area contributed by atoms with Gasteiger partial charge in [0.05, 0.1) is 36.2 Å². The van der Waals surface area contributed by atoms with Crippen LogP contribution in [0.4, 0.5) is 21.7 Å². The first-order valence-electron chi connectivity index (χ1n) is 13.8. The van der Waals surface area contributed by atoms with Crippen molar-refractivity contribution in [2.24, 2.45) is 0 Å². The molecule has 1 fully saturated rings. The monoisotopic (exact) mass is 573 g/mol. The van der Waals surface area contributed by atoms with Gasteiger partial charge in [0.15, 0.2) is 5.82 Å². The molecule has 12 heteroatoms. The van der Waals surface area contributed by atoms with Gasteiger partial charge in [0.1, 0.15) is 11.7 Å². The van der Waals surface area contributed by atoms with E-state index < -0.39 is 11.9 Å². The number of fused-ring (bicyclic) bond motifs is 2.